The molecule has 0 aromatic heterocycles. The summed E-state index contributed by atoms with van der Waals surface area (Å²) in [6.45, 7) is 4.50. The van der Waals surface area contributed by atoms with E-state index in [1.165, 1.54) is 0 Å². The van der Waals surface area contributed by atoms with E-state index in [0.717, 1.165) is 46.0 Å². The molecule has 4 nitrogen and oxygen atoms in total. The number of nitrogens with one attached hydrogen (secondary N) is 1. The Morgan fingerprint density at radius 3 is 2.67 bits per heavy atom. The maximum atomic E-state index is 13.2. The van der Waals surface area contributed by atoms with Crippen LogP contribution < -0.4 is 14.8 Å². The molecule has 2 aliphatic heterocycles. The Hall–Kier alpha value is -2.46. The molecule has 27 heavy (non-hydrogen) atoms. The van der Waals surface area contributed by atoms with Crippen LogP contribution in [-0.2, 0) is 4.79 Å². The predicted molar refractivity (Wildman–Crippen MR) is 105 cm³/mol. The number of hydrogen-bond acceptors (Lipinski definition) is 4. The summed E-state index contributed by atoms with van der Waals surface area (Å²) in [5, 5.41) is 4.19. The lowest BCUT2D eigenvalue weighted by molar-refractivity contribution is -0.118. The van der Waals surface area contributed by atoms with E-state index in [9.17, 15) is 4.79 Å². The molecule has 0 saturated heterocycles. The summed E-state index contributed by atoms with van der Waals surface area (Å²) in [5.74, 6) is 1.49. The van der Waals surface area contributed by atoms with Gasteiger partial charge in [0, 0.05) is 40.4 Å². The van der Waals surface area contributed by atoms with Crippen molar-refractivity contribution in [2.75, 3.05) is 12.1 Å². The lowest BCUT2D eigenvalue weighted by Crippen LogP contribution is -2.33. The van der Waals surface area contributed by atoms with E-state index in [-0.39, 0.29) is 23.9 Å². The van der Waals surface area contributed by atoms with E-state index in [1.807, 2.05) is 36.4 Å². The summed E-state index contributed by atoms with van der Waals surface area (Å²) >= 11 is 6.28. The Bertz CT molecular complexity index is 1010. The number of Topliss-reactive ketones (excluding diaryl/α,β-unsaturated/α-hetero) is 1. The second kappa shape index (κ2) is 5.77. The topological polar surface area (TPSA) is 47.6 Å². The largest absolute Gasteiger partial charge is 0.454 e. The van der Waals surface area contributed by atoms with Crippen molar-refractivity contribution in [3.8, 4) is 11.5 Å². The zero-order valence-corrected chi connectivity index (χ0v) is 16.0. The van der Waals surface area contributed by atoms with Crippen LogP contribution in [0.25, 0.3) is 0 Å². The number of carbonyl (C=O) groups is 1. The number of ketones is 1. The first-order valence-corrected chi connectivity index (χ1v) is 9.51. The summed E-state index contributed by atoms with van der Waals surface area (Å²) in [5.41, 5.74) is 4.80. The average molecular weight is 382 g/mol. The molecule has 0 radical (unpaired) electrons. The quantitative estimate of drug-likeness (QED) is 0.731. The first-order valence-electron chi connectivity index (χ1n) is 9.14. The highest BCUT2D eigenvalue weighted by Gasteiger charge is 2.41. The Labute approximate surface area is 163 Å². The number of carbonyl (C=O) groups excluding carboxylic acids is 1. The SMILES string of the molecule is CC1(C)CC(=O)C2=C(C1)Nc1cc3c(cc1[C@@H]2c1cccc(Cl)c1)OCO3. The third-order valence-corrected chi connectivity index (χ3v) is 5.77. The van der Waals surface area contributed by atoms with E-state index in [0.29, 0.717) is 11.4 Å². The molecule has 1 atom stereocenters. The molecule has 0 spiro atoms. The smallest absolute Gasteiger partial charge is 0.231 e. The van der Waals surface area contributed by atoms with Gasteiger partial charge in [0.15, 0.2) is 17.3 Å². The number of allylic oxidation sites excluding steroid dienone is 2. The summed E-state index contributed by atoms with van der Waals surface area (Å²) < 4.78 is 11.1. The van der Waals surface area contributed by atoms with E-state index in [4.69, 9.17) is 21.1 Å². The molecule has 2 heterocycles. The van der Waals surface area contributed by atoms with E-state index in [1.54, 1.807) is 0 Å². The van der Waals surface area contributed by atoms with Gasteiger partial charge in [0.25, 0.3) is 0 Å². The summed E-state index contributed by atoms with van der Waals surface area (Å²) in [6.07, 6.45) is 1.38. The number of rotatable bonds is 1. The number of ether oxygens (including phenoxy) is 2. The van der Waals surface area contributed by atoms with Crippen LogP contribution >= 0.6 is 11.6 Å². The highest BCUT2D eigenvalue weighted by molar-refractivity contribution is 6.30. The highest BCUT2D eigenvalue weighted by atomic mass is 35.5. The van der Waals surface area contributed by atoms with Crippen molar-refractivity contribution >= 4 is 23.1 Å². The minimum absolute atomic E-state index is 0.0599. The lowest BCUT2D eigenvalue weighted by atomic mass is 9.68. The molecule has 5 heteroatoms. The van der Waals surface area contributed by atoms with Crippen LogP contribution in [-0.4, -0.2) is 12.6 Å². The lowest BCUT2D eigenvalue weighted by Gasteiger charge is -2.39. The van der Waals surface area contributed by atoms with E-state index >= 15 is 0 Å². The van der Waals surface area contributed by atoms with Crippen molar-refractivity contribution < 1.29 is 14.3 Å². The summed E-state index contributed by atoms with van der Waals surface area (Å²) in [7, 11) is 0. The van der Waals surface area contributed by atoms with Gasteiger partial charge in [-0.15, -0.1) is 0 Å². The van der Waals surface area contributed by atoms with Crippen LogP contribution in [0.5, 0.6) is 11.5 Å². The summed E-state index contributed by atoms with van der Waals surface area (Å²) in [4.78, 5) is 13.2. The fraction of sp³-hybridized carbons (Fsp3) is 0.318. The first-order chi connectivity index (χ1) is 12.9. The van der Waals surface area contributed by atoms with Gasteiger partial charge in [-0.05, 0) is 41.2 Å². The van der Waals surface area contributed by atoms with Crippen molar-refractivity contribution in [1.82, 2.24) is 0 Å². The zero-order valence-electron chi connectivity index (χ0n) is 15.3. The van der Waals surface area contributed by atoms with Crippen molar-refractivity contribution in [1.29, 1.82) is 0 Å². The minimum Gasteiger partial charge on any atom is -0.454 e. The Balaban J connectivity index is 1.74. The zero-order chi connectivity index (χ0) is 18.8. The van der Waals surface area contributed by atoms with Gasteiger partial charge in [-0.3, -0.25) is 4.79 Å². The third-order valence-electron chi connectivity index (χ3n) is 5.53. The molecule has 2 aromatic rings. The Morgan fingerprint density at radius 1 is 1.11 bits per heavy atom. The van der Waals surface area contributed by atoms with Gasteiger partial charge in [-0.1, -0.05) is 37.6 Å². The second-order valence-electron chi connectivity index (χ2n) is 8.24. The fourth-order valence-electron chi connectivity index (χ4n) is 4.44. The maximum absolute atomic E-state index is 13.2. The van der Waals surface area contributed by atoms with Crippen molar-refractivity contribution in [3.63, 3.8) is 0 Å². The van der Waals surface area contributed by atoms with Crippen LogP contribution in [0.4, 0.5) is 5.69 Å². The van der Waals surface area contributed by atoms with Crippen LogP contribution in [0.3, 0.4) is 0 Å². The minimum atomic E-state index is -0.159. The normalized spacial score (nSPS) is 22.2. The van der Waals surface area contributed by atoms with Gasteiger partial charge in [-0.25, -0.2) is 0 Å². The summed E-state index contributed by atoms with van der Waals surface area (Å²) in [6, 6.07) is 11.7. The van der Waals surface area contributed by atoms with Gasteiger partial charge >= 0.3 is 0 Å². The molecular formula is C22H20ClNO3. The highest BCUT2D eigenvalue weighted by Crippen LogP contribution is 2.51. The molecule has 2 aromatic carbocycles. The molecule has 0 unspecified atom stereocenters. The standard InChI is InChI=1S/C22H20ClNO3/c1-22(2)9-16-21(17(25)10-22)20(12-4-3-5-13(23)6-12)14-7-18-19(27-11-26-18)8-15(14)24-16/h3-8,20,24H,9-11H2,1-2H3/t20-/m0/s1. The Morgan fingerprint density at radius 2 is 1.89 bits per heavy atom. The number of halogens is 1. The molecule has 0 fully saturated rings. The van der Waals surface area contributed by atoms with Gasteiger partial charge in [-0.2, -0.15) is 0 Å². The monoisotopic (exact) mass is 381 g/mol. The first kappa shape index (κ1) is 16.7. The van der Waals surface area contributed by atoms with Gasteiger partial charge < -0.3 is 14.8 Å². The molecule has 1 N–H and O–H groups in total. The van der Waals surface area contributed by atoms with Crippen LogP contribution in [0.1, 0.15) is 43.7 Å². The number of fused-ring (bicyclic) bond motifs is 2. The number of benzene rings is 2. The maximum Gasteiger partial charge on any atom is 0.231 e. The molecule has 0 bridgehead atoms. The van der Waals surface area contributed by atoms with E-state index < -0.39 is 0 Å². The van der Waals surface area contributed by atoms with Crippen molar-refractivity contribution in [2.45, 2.75) is 32.6 Å². The van der Waals surface area contributed by atoms with E-state index in [2.05, 4.69) is 19.2 Å². The van der Waals surface area contributed by atoms with Crippen LogP contribution in [0, 0.1) is 5.41 Å². The van der Waals surface area contributed by atoms with Gasteiger partial charge in [0.2, 0.25) is 6.79 Å². The molecule has 138 valence electrons. The number of hydrogen-bond donors (Lipinski definition) is 1. The Kier molecular flexibility index (Phi) is 3.57. The van der Waals surface area contributed by atoms with Crippen LogP contribution in [0.15, 0.2) is 47.7 Å². The average Bonchev–Trinajstić information content (AvgIpc) is 3.04. The molecule has 0 saturated carbocycles. The fourth-order valence-corrected chi connectivity index (χ4v) is 4.64. The van der Waals surface area contributed by atoms with Gasteiger partial charge in [0.1, 0.15) is 0 Å². The van der Waals surface area contributed by atoms with Crippen LogP contribution in [0.2, 0.25) is 5.02 Å². The van der Waals surface area contributed by atoms with Gasteiger partial charge in [0.05, 0.1) is 0 Å². The third kappa shape index (κ3) is 2.71. The van der Waals surface area contributed by atoms with Crippen molar-refractivity contribution in [3.05, 3.63) is 63.8 Å². The molecule has 5 rings (SSSR count). The molecule has 1 aliphatic carbocycles. The van der Waals surface area contributed by atoms with Crippen molar-refractivity contribution in [2.24, 2.45) is 5.41 Å². The number of anilines is 1. The second-order valence-corrected chi connectivity index (χ2v) is 8.68. The predicted octanol–water partition coefficient (Wildman–Crippen LogP) is 5.27. The molecular weight excluding hydrogens is 362 g/mol. The molecule has 0 amide bonds. The molecule has 3 aliphatic rings.